The van der Waals surface area contributed by atoms with Crippen LogP contribution in [-0.2, 0) is 0 Å². The van der Waals surface area contributed by atoms with Crippen LogP contribution in [-0.4, -0.2) is 14.8 Å². The second-order valence-electron chi connectivity index (χ2n) is 5.57. The molecule has 1 aromatic carbocycles. The van der Waals surface area contributed by atoms with Gasteiger partial charge in [-0.1, -0.05) is 15.9 Å². The third-order valence-electron chi connectivity index (χ3n) is 3.81. The molecule has 0 bridgehead atoms. The predicted octanol–water partition coefficient (Wildman–Crippen LogP) is 4.28. The molecule has 0 saturated heterocycles. The Balaban J connectivity index is 1.72. The maximum atomic E-state index is 9.26. The molecule has 2 aromatic rings. The van der Waals surface area contributed by atoms with Crippen LogP contribution in [0.1, 0.15) is 49.0 Å². The van der Waals surface area contributed by atoms with Crippen LogP contribution in [0.2, 0.25) is 0 Å². The topological polar surface area (TPSA) is 54.5 Å². The van der Waals surface area contributed by atoms with Crippen LogP contribution in [0.25, 0.3) is 0 Å². The van der Waals surface area contributed by atoms with Crippen LogP contribution >= 0.6 is 27.7 Å². The number of hydrogen-bond donors (Lipinski definition) is 0. The number of hydrogen-bond acceptors (Lipinski definition) is 4. The minimum atomic E-state index is 0.566. The van der Waals surface area contributed by atoms with E-state index in [1.807, 2.05) is 18.2 Å². The first-order valence-corrected chi connectivity index (χ1v) is 8.69. The van der Waals surface area contributed by atoms with Crippen molar-refractivity contribution in [3.63, 3.8) is 0 Å². The lowest BCUT2D eigenvalue weighted by Gasteiger charge is -2.09. The molecule has 2 fully saturated rings. The summed E-state index contributed by atoms with van der Waals surface area (Å²) >= 11 is 5.02. The minimum absolute atomic E-state index is 0.566. The van der Waals surface area contributed by atoms with Crippen LogP contribution in [0.5, 0.6) is 0 Å². The van der Waals surface area contributed by atoms with E-state index >= 15 is 0 Å². The fourth-order valence-corrected chi connectivity index (χ4v) is 3.97. The number of nitriles is 1. The van der Waals surface area contributed by atoms with Crippen molar-refractivity contribution >= 4 is 27.7 Å². The fourth-order valence-electron chi connectivity index (χ4n) is 2.43. The van der Waals surface area contributed by atoms with Gasteiger partial charge in [0.15, 0.2) is 5.16 Å². The van der Waals surface area contributed by atoms with E-state index < -0.39 is 0 Å². The number of halogens is 1. The molecule has 0 unspecified atom stereocenters. The number of rotatable bonds is 4. The third-order valence-corrected chi connectivity index (χ3v) is 5.32. The minimum Gasteiger partial charge on any atom is -0.302 e. The van der Waals surface area contributed by atoms with E-state index in [2.05, 4.69) is 36.8 Å². The van der Waals surface area contributed by atoms with Crippen LogP contribution in [0.15, 0.2) is 32.7 Å². The van der Waals surface area contributed by atoms with Crippen molar-refractivity contribution in [3.8, 4) is 6.07 Å². The van der Waals surface area contributed by atoms with Gasteiger partial charge in [-0.25, -0.2) is 0 Å². The second-order valence-corrected chi connectivity index (χ2v) is 7.50. The van der Waals surface area contributed by atoms with Crippen molar-refractivity contribution in [1.82, 2.24) is 14.8 Å². The van der Waals surface area contributed by atoms with Gasteiger partial charge in [-0.3, -0.25) is 0 Å². The van der Waals surface area contributed by atoms with E-state index in [9.17, 15) is 5.26 Å². The van der Waals surface area contributed by atoms with Gasteiger partial charge < -0.3 is 4.57 Å². The van der Waals surface area contributed by atoms with Crippen LogP contribution in [0, 0.1) is 11.3 Å². The molecule has 0 spiro atoms. The van der Waals surface area contributed by atoms with Crippen LogP contribution in [0.3, 0.4) is 0 Å². The Morgan fingerprint density at radius 1 is 1.24 bits per heavy atom. The first-order valence-electron chi connectivity index (χ1n) is 7.08. The van der Waals surface area contributed by atoms with Gasteiger partial charge in [0.2, 0.25) is 0 Å². The molecule has 0 aliphatic heterocycles. The molecule has 21 heavy (non-hydrogen) atoms. The van der Waals surface area contributed by atoms with Crippen molar-refractivity contribution in [1.29, 1.82) is 5.26 Å². The molecule has 4 nitrogen and oxygen atoms in total. The van der Waals surface area contributed by atoms with Crippen molar-refractivity contribution in [2.24, 2.45) is 0 Å². The van der Waals surface area contributed by atoms with Gasteiger partial charge in [-0.05, 0) is 55.6 Å². The fraction of sp³-hybridized carbons (Fsp3) is 0.400. The normalized spacial score (nSPS) is 17.7. The molecule has 2 aliphatic carbocycles. The molecule has 6 heteroatoms. The molecule has 2 aliphatic rings. The molecule has 0 atom stereocenters. The zero-order valence-corrected chi connectivity index (χ0v) is 13.7. The highest BCUT2D eigenvalue weighted by Crippen LogP contribution is 2.47. The van der Waals surface area contributed by atoms with Gasteiger partial charge >= 0.3 is 0 Å². The lowest BCUT2D eigenvalue weighted by Crippen LogP contribution is -2.01. The summed E-state index contributed by atoms with van der Waals surface area (Å²) in [6, 6.07) is 8.53. The molecule has 4 rings (SSSR count). The summed E-state index contributed by atoms with van der Waals surface area (Å²) in [7, 11) is 0. The Kier molecular flexibility index (Phi) is 3.27. The molecule has 106 valence electrons. The number of benzene rings is 1. The predicted molar refractivity (Wildman–Crippen MR) is 83.2 cm³/mol. The molecule has 0 amide bonds. The number of aromatic nitrogens is 3. The van der Waals surface area contributed by atoms with E-state index in [-0.39, 0.29) is 0 Å². The molecule has 0 radical (unpaired) electrons. The third kappa shape index (κ3) is 2.60. The molecule has 2 saturated carbocycles. The maximum absolute atomic E-state index is 9.26. The lowest BCUT2D eigenvalue weighted by molar-refractivity contribution is 0.627. The summed E-state index contributed by atoms with van der Waals surface area (Å²) in [4.78, 5) is 0.934. The monoisotopic (exact) mass is 360 g/mol. The highest BCUT2D eigenvalue weighted by molar-refractivity contribution is 9.10. The first kappa shape index (κ1) is 13.4. The van der Waals surface area contributed by atoms with E-state index in [0.29, 0.717) is 17.5 Å². The Morgan fingerprint density at radius 2 is 2.05 bits per heavy atom. The zero-order chi connectivity index (χ0) is 14.4. The summed E-state index contributed by atoms with van der Waals surface area (Å²) in [6.07, 6.45) is 4.90. The summed E-state index contributed by atoms with van der Waals surface area (Å²) in [5.41, 5.74) is 0.682. The first-order chi connectivity index (χ1) is 10.3. The van der Waals surface area contributed by atoms with Gasteiger partial charge in [0.25, 0.3) is 0 Å². The Morgan fingerprint density at radius 3 is 2.71 bits per heavy atom. The highest BCUT2D eigenvalue weighted by atomic mass is 79.9. The van der Waals surface area contributed by atoms with Crippen molar-refractivity contribution < 1.29 is 0 Å². The quantitative estimate of drug-likeness (QED) is 0.816. The molecule has 1 heterocycles. The summed E-state index contributed by atoms with van der Waals surface area (Å²) < 4.78 is 3.29. The SMILES string of the molecule is N#Cc1ccc(Br)cc1Sc1nnc(C2CC2)n1C1CC1. The molecular weight excluding hydrogens is 348 g/mol. The van der Waals surface area contributed by atoms with E-state index in [1.54, 1.807) is 11.8 Å². The van der Waals surface area contributed by atoms with Gasteiger partial charge in [0.05, 0.1) is 5.56 Å². The largest absolute Gasteiger partial charge is 0.302 e. The zero-order valence-electron chi connectivity index (χ0n) is 11.3. The average molecular weight is 361 g/mol. The molecule has 1 aromatic heterocycles. The molecular formula is C15H13BrN4S. The standard InChI is InChI=1S/C15H13BrN4S/c16-11-4-3-10(8-17)13(7-11)21-15-19-18-14(9-1-2-9)20(15)12-5-6-12/h3-4,7,9,12H,1-2,5-6H2. The van der Waals surface area contributed by atoms with Gasteiger partial charge in [-0.15, -0.1) is 10.2 Å². The van der Waals surface area contributed by atoms with Gasteiger partial charge in [0, 0.05) is 21.3 Å². The molecule has 0 N–H and O–H groups in total. The average Bonchev–Trinajstić information content (AvgIpc) is 3.39. The Labute approximate surface area is 135 Å². The van der Waals surface area contributed by atoms with Crippen molar-refractivity contribution in [3.05, 3.63) is 34.1 Å². The van der Waals surface area contributed by atoms with Gasteiger partial charge in [0.1, 0.15) is 11.9 Å². The highest BCUT2D eigenvalue weighted by Gasteiger charge is 2.36. The maximum Gasteiger partial charge on any atom is 0.196 e. The van der Waals surface area contributed by atoms with E-state index in [4.69, 9.17) is 0 Å². The lowest BCUT2D eigenvalue weighted by atomic mass is 10.2. The summed E-state index contributed by atoms with van der Waals surface area (Å²) in [5, 5.41) is 19.0. The summed E-state index contributed by atoms with van der Waals surface area (Å²) in [6.45, 7) is 0. The second kappa shape index (κ2) is 5.15. The van der Waals surface area contributed by atoms with Crippen LogP contribution in [0.4, 0.5) is 0 Å². The summed E-state index contributed by atoms with van der Waals surface area (Å²) in [5.74, 6) is 1.75. The van der Waals surface area contributed by atoms with Crippen molar-refractivity contribution in [2.75, 3.05) is 0 Å². The Hall–Kier alpha value is -1.32. The smallest absolute Gasteiger partial charge is 0.196 e. The van der Waals surface area contributed by atoms with E-state index in [0.717, 1.165) is 20.3 Å². The van der Waals surface area contributed by atoms with Gasteiger partial charge in [-0.2, -0.15) is 5.26 Å². The van der Waals surface area contributed by atoms with E-state index in [1.165, 1.54) is 25.7 Å². The Bertz CT molecular complexity index is 741. The van der Waals surface area contributed by atoms with Crippen molar-refractivity contribution in [2.45, 2.75) is 47.7 Å². The number of nitrogens with zero attached hydrogens (tertiary/aromatic N) is 4. The van der Waals surface area contributed by atoms with Crippen LogP contribution < -0.4 is 0 Å².